The predicted octanol–water partition coefficient (Wildman–Crippen LogP) is 24.7. The maximum atomic E-state index is 12.9. The van der Waals surface area contributed by atoms with Gasteiger partial charge in [-0.3, -0.25) is 14.4 Å². The minimum Gasteiger partial charge on any atom is -0.462 e. The number of esters is 3. The molecule has 0 saturated heterocycles. The van der Waals surface area contributed by atoms with Gasteiger partial charge in [-0.15, -0.1) is 0 Å². The number of hydrogen-bond acceptors (Lipinski definition) is 6. The molecule has 0 rings (SSSR count). The summed E-state index contributed by atoms with van der Waals surface area (Å²) in [6, 6.07) is 0. The fourth-order valence-electron chi connectivity index (χ4n) is 10.9. The van der Waals surface area contributed by atoms with Gasteiger partial charge in [-0.2, -0.15) is 0 Å². The topological polar surface area (TPSA) is 78.9 Å². The molecule has 470 valence electrons. The summed E-state index contributed by atoms with van der Waals surface area (Å²) in [6.45, 7) is 6.67. The minimum absolute atomic E-state index is 0.0665. The Morgan fingerprint density at radius 2 is 0.450 bits per heavy atom. The van der Waals surface area contributed by atoms with E-state index in [0.717, 1.165) is 64.2 Å². The molecule has 0 saturated carbocycles. The van der Waals surface area contributed by atoms with E-state index in [4.69, 9.17) is 14.2 Å². The summed E-state index contributed by atoms with van der Waals surface area (Å²) in [5.74, 6) is -0.844. The molecule has 0 radical (unpaired) electrons. The molecule has 0 aromatic heterocycles. The Hall–Kier alpha value is -2.37. The lowest BCUT2D eigenvalue weighted by atomic mass is 10.0. The second kappa shape index (κ2) is 69.1. The average Bonchev–Trinajstić information content (AvgIpc) is 3.46. The Morgan fingerprint density at radius 3 is 0.700 bits per heavy atom. The molecule has 6 heteroatoms. The predicted molar refractivity (Wildman–Crippen MR) is 349 cm³/mol. The molecular formula is C74H138O6. The molecule has 0 spiro atoms. The third kappa shape index (κ3) is 66.4. The van der Waals surface area contributed by atoms with Crippen LogP contribution in [0.15, 0.2) is 36.5 Å². The fraction of sp³-hybridized carbons (Fsp3) is 0.878. The molecule has 80 heavy (non-hydrogen) atoms. The van der Waals surface area contributed by atoms with Crippen molar-refractivity contribution in [1.29, 1.82) is 0 Å². The van der Waals surface area contributed by atoms with Crippen LogP contribution in [0.5, 0.6) is 0 Å². The first-order valence-corrected chi connectivity index (χ1v) is 36.0. The van der Waals surface area contributed by atoms with Crippen LogP contribution in [0.4, 0.5) is 0 Å². The zero-order valence-corrected chi connectivity index (χ0v) is 54.1. The lowest BCUT2D eigenvalue weighted by Crippen LogP contribution is -2.30. The van der Waals surface area contributed by atoms with E-state index in [1.165, 1.54) is 295 Å². The SMILES string of the molecule is CCCCCCC/C=C\C/C=C\CCCCCCCCCCCCCCCCCCCC(=O)OCC(COC(=O)CCCCCCCCCC)OC(=O)CCCCCCCCCCCCCCC/C=C\CCCCCCCCCC. The van der Waals surface area contributed by atoms with Gasteiger partial charge in [-0.05, 0) is 77.0 Å². The van der Waals surface area contributed by atoms with E-state index in [9.17, 15) is 14.4 Å². The van der Waals surface area contributed by atoms with Crippen LogP contribution in [0, 0.1) is 0 Å². The van der Waals surface area contributed by atoms with Gasteiger partial charge in [-0.1, -0.05) is 340 Å². The van der Waals surface area contributed by atoms with Crippen LogP contribution in [0.1, 0.15) is 400 Å². The monoisotopic (exact) mass is 1120 g/mol. The quantitative estimate of drug-likeness (QED) is 0.0261. The molecule has 0 aliphatic heterocycles. The van der Waals surface area contributed by atoms with Gasteiger partial charge >= 0.3 is 17.9 Å². The van der Waals surface area contributed by atoms with Crippen LogP contribution in [0.25, 0.3) is 0 Å². The molecule has 0 amide bonds. The average molecular weight is 1120 g/mol. The van der Waals surface area contributed by atoms with E-state index >= 15 is 0 Å². The molecule has 0 aromatic rings. The largest absolute Gasteiger partial charge is 0.462 e. The highest BCUT2D eigenvalue weighted by atomic mass is 16.6. The van der Waals surface area contributed by atoms with Crippen molar-refractivity contribution in [2.24, 2.45) is 0 Å². The van der Waals surface area contributed by atoms with Crippen LogP contribution in [0.2, 0.25) is 0 Å². The van der Waals surface area contributed by atoms with E-state index in [1.807, 2.05) is 0 Å². The Labute approximate surface area is 499 Å². The van der Waals surface area contributed by atoms with Gasteiger partial charge in [0.2, 0.25) is 0 Å². The van der Waals surface area contributed by atoms with Gasteiger partial charge < -0.3 is 14.2 Å². The van der Waals surface area contributed by atoms with Crippen LogP contribution in [-0.4, -0.2) is 37.2 Å². The minimum atomic E-state index is -0.768. The lowest BCUT2D eigenvalue weighted by molar-refractivity contribution is -0.167. The third-order valence-corrected chi connectivity index (χ3v) is 16.4. The first-order chi connectivity index (χ1) is 39.5. The van der Waals surface area contributed by atoms with Crippen molar-refractivity contribution in [3.8, 4) is 0 Å². The normalized spacial score (nSPS) is 12.2. The van der Waals surface area contributed by atoms with Gasteiger partial charge in [0, 0.05) is 19.3 Å². The summed E-state index contributed by atoms with van der Waals surface area (Å²) < 4.78 is 16.9. The van der Waals surface area contributed by atoms with Gasteiger partial charge in [0.15, 0.2) is 6.10 Å². The number of ether oxygens (including phenoxy) is 3. The first kappa shape index (κ1) is 77.6. The summed E-state index contributed by atoms with van der Waals surface area (Å²) in [5.41, 5.74) is 0. The van der Waals surface area contributed by atoms with Gasteiger partial charge in [0.05, 0.1) is 0 Å². The van der Waals surface area contributed by atoms with Crippen molar-refractivity contribution in [2.45, 2.75) is 406 Å². The first-order valence-electron chi connectivity index (χ1n) is 36.0. The molecule has 0 heterocycles. The number of carbonyl (C=O) groups excluding carboxylic acids is 3. The Bertz CT molecular complexity index is 1340. The molecule has 0 aliphatic rings. The third-order valence-electron chi connectivity index (χ3n) is 16.4. The molecule has 0 bridgehead atoms. The number of carbonyl (C=O) groups is 3. The summed E-state index contributed by atoms with van der Waals surface area (Å²) in [6.07, 6.45) is 86.3. The summed E-state index contributed by atoms with van der Waals surface area (Å²) >= 11 is 0. The molecular weight excluding hydrogens is 985 g/mol. The standard InChI is InChI=1S/C74H138O6/c1-4-7-10-13-16-19-21-23-25-27-29-31-33-35-36-37-38-40-41-43-45-47-49-51-53-55-58-61-64-67-73(76)79-70-71(69-78-72(75)66-63-60-57-18-15-12-9-6-3)80-74(77)68-65-62-59-56-54-52-50-48-46-44-42-39-34-32-30-28-26-24-22-20-17-14-11-8-5-2/h21,23,27-30,71H,4-20,22,24-26,31-70H2,1-3H3/b23-21-,29-27-,30-28-. The maximum absolute atomic E-state index is 12.9. The van der Waals surface area contributed by atoms with Crippen molar-refractivity contribution in [3.63, 3.8) is 0 Å². The Balaban J connectivity index is 4.05. The number of unbranched alkanes of at least 4 members (excludes halogenated alkanes) is 50. The molecule has 0 aliphatic carbocycles. The van der Waals surface area contributed by atoms with E-state index in [2.05, 4.69) is 57.2 Å². The second-order valence-electron chi connectivity index (χ2n) is 24.5. The van der Waals surface area contributed by atoms with Gasteiger partial charge in [0.1, 0.15) is 13.2 Å². The highest BCUT2D eigenvalue weighted by molar-refractivity contribution is 5.71. The van der Waals surface area contributed by atoms with Crippen molar-refractivity contribution in [2.75, 3.05) is 13.2 Å². The van der Waals surface area contributed by atoms with E-state index in [0.29, 0.717) is 19.3 Å². The Kier molecular flexibility index (Phi) is 67.1. The number of allylic oxidation sites excluding steroid dienone is 6. The summed E-state index contributed by atoms with van der Waals surface area (Å²) in [4.78, 5) is 38.3. The molecule has 0 aromatic carbocycles. The van der Waals surface area contributed by atoms with Gasteiger partial charge in [0.25, 0.3) is 0 Å². The van der Waals surface area contributed by atoms with Crippen molar-refractivity contribution < 1.29 is 28.6 Å². The zero-order chi connectivity index (χ0) is 57.8. The summed E-state index contributed by atoms with van der Waals surface area (Å²) in [7, 11) is 0. The molecule has 1 atom stereocenters. The van der Waals surface area contributed by atoms with Crippen molar-refractivity contribution in [3.05, 3.63) is 36.5 Å². The second-order valence-corrected chi connectivity index (χ2v) is 24.5. The highest BCUT2D eigenvalue weighted by Crippen LogP contribution is 2.18. The smallest absolute Gasteiger partial charge is 0.306 e. The zero-order valence-electron chi connectivity index (χ0n) is 54.1. The van der Waals surface area contributed by atoms with Gasteiger partial charge in [-0.25, -0.2) is 0 Å². The molecule has 0 fully saturated rings. The van der Waals surface area contributed by atoms with Crippen molar-refractivity contribution in [1.82, 2.24) is 0 Å². The van der Waals surface area contributed by atoms with Crippen molar-refractivity contribution >= 4 is 17.9 Å². The van der Waals surface area contributed by atoms with Crippen LogP contribution < -0.4 is 0 Å². The van der Waals surface area contributed by atoms with Crippen LogP contribution in [0.3, 0.4) is 0 Å². The van der Waals surface area contributed by atoms with Crippen LogP contribution >= 0.6 is 0 Å². The molecule has 1 unspecified atom stereocenters. The van der Waals surface area contributed by atoms with E-state index in [1.54, 1.807) is 0 Å². The van der Waals surface area contributed by atoms with E-state index < -0.39 is 6.10 Å². The van der Waals surface area contributed by atoms with E-state index in [-0.39, 0.29) is 31.1 Å². The maximum Gasteiger partial charge on any atom is 0.306 e. The molecule has 6 nitrogen and oxygen atoms in total. The number of hydrogen-bond donors (Lipinski definition) is 0. The van der Waals surface area contributed by atoms with Crippen LogP contribution in [-0.2, 0) is 28.6 Å². The fourth-order valence-corrected chi connectivity index (χ4v) is 10.9. The lowest BCUT2D eigenvalue weighted by Gasteiger charge is -2.18. The highest BCUT2D eigenvalue weighted by Gasteiger charge is 2.19. The Morgan fingerprint density at radius 1 is 0.250 bits per heavy atom. The molecule has 0 N–H and O–H groups in total. The number of rotatable bonds is 67. The summed E-state index contributed by atoms with van der Waals surface area (Å²) in [5, 5.41) is 0.